The number of hydrogen-bond donors (Lipinski definition) is 1. The lowest BCUT2D eigenvalue weighted by atomic mass is 10.0. The predicted octanol–water partition coefficient (Wildman–Crippen LogP) is 4.43. The van der Waals surface area contributed by atoms with Crippen molar-refractivity contribution in [2.75, 3.05) is 21.3 Å². The van der Waals surface area contributed by atoms with Gasteiger partial charge in [-0.05, 0) is 67.5 Å². The average molecular weight is 392 g/mol. The fourth-order valence-corrected chi connectivity index (χ4v) is 3.72. The summed E-state index contributed by atoms with van der Waals surface area (Å²) >= 11 is 0. The third-order valence-corrected chi connectivity index (χ3v) is 5.21. The fraction of sp³-hybridized carbons (Fsp3) is 0.455. The lowest BCUT2D eigenvalue weighted by Gasteiger charge is -2.16. The molecule has 0 aromatic heterocycles. The van der Waals surface area contributed by atoms with Crippen LogP contribution < -0.4 is 19.5 Å². The van der Waals surface area contributed by atoms with Gasteiger partial charge in [0, 0.05) is 12.1 Å². The molecule has 0 unspecified atom stereocenters. The van der Waals surface area contributed by atoms with Gasteiger partial charge in [-0.15, -0.1) is 12.4 Å². The summed E-state index contributed by atoms with van der Waals surface area (Å²) in [5.74, 6) is 2.51. The van der Waals surface area contributed by atoms with Crippen molar-refractivity contribution in [2.45, 2.75) is 44.2 Å². The zero-order valence-electron chi connectivity index (χ0n) is 16.4. The Morgan fingerprint density at radius 3 is 2.15 bits per heavy atom. The SMILES string of the molecule is COc1ccc(CC[C@@H]2CC[C@@H](Cc3ccc(OC)c(OC)c3)N2)cc1.Cl. The van der Waals surface area contributed by atoms with E-state index in [0.29, 0.717) is 12.1 Å². The smallest absolute Gasteiger partial charge is 0.160 e. The van der Waals surface area contributed by atoms with Crippen LogP contribution in [0, 0.1) is 0 Å². The van der Waals surface area contributed by atoms with Crippen LogP contribution in [-0.2, 0) is 12.8 Å². The summed E-state index contributed by atoms with van der Waals surface area (Å²) in [4.78, 5) is 0. The highest BCUT2D eigenvalue weighted by molar-refractivity contribution is 5.85. The number of benzene rings is 2. The molecule has 0 amide bonds. The van der Waals surface area contributed by atoms with E-state index < -0.39 is 0 Å². The summed E-state index contributed by atoms with van der Waals surface area (Å²) in [6.45, 7) is 0. The summed E-state index contributed by atoms with van der Waals surface area (Å²) in [6, 6.07) is 15.7. The summed E-state index contributed by atoms with van der Waals surface area (Å²) in [5.41, 5.74) is 2.66. The highest BCUT2D eigenvalue weighted by atomic mass is 35.5. The van der Waals surface area contributed by atoms with Crippen molar-refractivity contribution in [1.29, 1.82) is 0 Å². The highest BCUT2D eigenvalue weighted by Gasteiger charge is 2.23. The Kier molecular flexibility index (Phi) is 8.26. The molecule has 27 heavy (non-hydrogen) atoms. The van der Waals surface area contributed by atoms with E-state index in [-0.39, 0.29) is 12.4 Å². The van der Waals surface area contributed by atoms with E-state index >= 15 is 0 Å². The molecule has 148 valence electrons. The lowest BCUT2D eigenvalue weighted by molar-refractivity contribution is 0.354. The zero-order chi connectivity index (χ0) is 18.4. The largest absolute Gasteiger partial charge is 0.497 e. The monoisotopic (exact) mass is 391 g/mol. The van der Waals surface area contributed by atoms with E-state index in [0.717, 1.165) is 30.1 Å². The third kappa shape index (κ3) is 5.78. The highest BCUT2D eigenvalue weighted by Crippen LogP contribution is 2.29. The molecule has 3 rings (SSSR count). The summed E-state index contributed by atoms with van der Waals surface area (Å²) in [7, 11) is 5.06. The molecule has 1 saturated heterocycles. The van der Waals surface area contributed by atoms with Gasteiger partial charge in [0.2, 0.25) is 0 Å². The third-order valence-electron chi connectivity index (χ3n) is 5.21. The maximum atomic E-state index is 5.41. The summed E-state index contributed by atoms with van der Waals surface area (Å²) in [6.07, 6.45) is 5.77. The van der Waals surface area contributed by atoms with Gasteiger partial charge in [0.1, 0.15) is 5.75 Å². The second-order valence-electron chi connectivity index (χ2n) is 6.92. The van der Waals surface area contributed by atoms with Crippen LogP contribution in [0.15, 0.2) is 42.5 Å². The van der Waals surface area contributed by atoms with Gasteiger partial charge in [0.05, 0.1) is 21.3 Å². The van der Waals surface area contributed by atoms with Crippen LogP contribution in [0.25, 0.3) is 0 Å². The van der Waals surface area contributed by atoms with Gasteiger partial charge in [-0.3, -0.25) is 0 Å². The van der Waals surface area contributed by atoms with E-state index in [2.05, 4.69) is 29.6 Å². The van der Waals surface area contributed by atoms with Crippen molar-refractivity contribution in [1.82, 2.24) is 5.32 Å². The predicted molar refractivity (Wildman–Crippen MR) is 112 cm³/mol. The fourth-order valence-electron chi connectivity index (χ4n) is 3.72. The number of nitrogens with one attached hydrogen (secondary N) is 1. The van der Waals surface area contributed by atoms with Crippen molar-refractivity contribution in [3.8, 4) is 17.2 Å². The minimum absolute atomic E-state index is 0. The van der Waals surface area contributed by atoms with E-state index in [1.165, 1.54) is 30.4 Å². The van der Waals surface area contributed by atoms with Crippen LogP contribution >= 0.6 is 12.4 Å². The second-order valence-corrected chi connectivity index (χ2v) is 6.92. The zero-order valence-corrected chi connectivity index (χ0v) is 17.2. The first-order valence-corrected chi connectivity index (χ1v) is 9.31. The molecule has 2 aromatic rings. The quantitative estimate of drug-likeness (QED) is 0.722. The Balaban J connectivity index is 0.00000261. The van der Waals surface area contributed by atoms with Crippen LogP contribution in [0.5, 0.6) is 17.2 Å². The first-order valence-electron chi connectivity index (χ1n) is 9.31. The molecule has 2 atom stereocenters. The first kappa shape index (κ1) is 21.4. The molecular formula is C22H30ClNO3. The van der Waals surface area contributed by atoms with Crippen LogP contribution in [0.4, 0.5) is 0 Å². The minimum atomic E-state index is 0. The Morgan fingerprint density at radius 1 is 0.815 bits per heavy atom. The molecule has 1 fully saturated rings. The molecule has 0 saturated carbocycles. The van der Waals surface area contributed by atoms with Gasteiger partial charge in [0.15, 0.2) is 11.5 Å². The molecule has 1 aliphatic heterocycles. The Morgan fingerprint density at radius 2 is 1.48 bits per heavy atom. The summed E-state index contributed by atoms with van der Waals surface area (Å²) < 4.78 is 16.0. The second kappa shape index (κ2) is 10.4. The maximum absolute atomic E-state index is 5.41. The molecular weight excluding hydrogens is 362 g/mol. The van der Waals surface area contributed by atoms with Crippen molar-refractivity contribution in [2.24, 2.45) is 0 Å². The van der Waals surface area contributed by atoms with Crippen LogP contribution in [-0.4, -0.2) is 33.4 Å². The van der Waals surface area contributed by atoms with Crippen molar-refractivity contribution >= 4 is 12.4 Å². The molecule has 0 spiro atoms. The van der Waals surface area contributed by atoms with Crippen molar-refractivity contribution in [3.63, 3.8) is 0 Å². The normalized spacial score (nSPS) is 18.6. The molecule has 0 radical (unpaired) electrons. The van der Waals surface area contributed by atoms with Gasteiger partial charge in [-0.25, -0.2) is 0 Å². The molecule has 1 heterocycles. The van der Waals surface area contributed by atoms with Crippen LogP contribution in [0.3, 0.4) is 0 Å². The van der Waals surface area contributed by atoms with E-state index in [4.69, 9.17) is 14.2 Å². The summed E-state index contributed by atoms with van der Waals surface area (Å²) in [5, 5.41) is 3.80. The molecule has 1 N–H and O–H groups in total. The average Bonchev–Trinajstić information content (AvgIpc) is 3.14. The van der Waals surface area contributed by atoms with Crippen molar-refractivity contribution < 1.29 is 14.2 Å². The van der Waals surface area contributed by atoms with Gasteiger partial charge < -0.3 is 19.5 Å². The molecule has 1 aliphatic rings. The number of aryl methyl sites for hydroxylation is 1. The molecule has 4 nitrogen and oxygen atoms in total. The molecule has 0 bridgehead atoms. The van der Waals surface area contributed by atoms with Crippen molar-refractivity contribution in [3.05, 3.63) is 53.6 Å². The molecule has 2 aromatic carbocycles. The topological polar surface area (TPSA) is 39.7 Å². The van der Waals surface area contributed by atoms with Crippen LogP contribution in [0.1, 0.15) is 30.4 Å². The van der Waals surface area contributed by atoms with Gasteiger partial charge >= 0.3 is 0 Å². The first-order chi connectivity index (χ1) is 12.7. The lowest BCUT2D eigenvalue weighted by Crippen LogP contribution is -2.31. The van der Waals surface area contributed by atoms with Gasteiger partial charge in [-0.1, -0.05) is 18.2 Å². The Labute approximate surface area is 168 Å². The number of hydrogen-bond acceptors (Lipinski definition) is 4. The van der Waals surface area contributed by atoms with E-state index in [1.54, 1.807) is 21.3 Å². The molecule has 5 heteroatoms. The Bertz CT molecular complexity index is 705. The van der Waals surface area contributed by atoms with E-state index in [1.807, 2.05) is 18.2 Å². The number of halogens is 1. The maximum Gasteiger partial charge on any atom is 0.160 e. The molecule has 0 aliphatic carbocycles. The Hall–Kier alpha value is -1.91. The standard InChI is InChI=1S/C22H29NO3.ClH/c1-24-20-11-5-16(6-12-20)4-8-18-9-10-19(23-18)14-17-7-13-21(25-2)22(15-17)26-3;/h5-7,11-13,15,18-19,23H,4,8-10,14H2,1-3H3;1H/t18-,19+;/m1./s1. The van der Waals surface area contributed by atoms with Crippen LogP contribution in [0.2, 0.25) is 0 Å². The van der Waals surface area contributed by atoms with Gasteiger partial charge in [-0.2, -0.15) is 0 Å². The number of methoxy groups -OCH3 is 3. The minimum Gasteiger partial charge on any atom is -0.497 e. The van der Waals surface area contributed by atoms with E-state index in [9.17, 15) is 0 Å². The number of ether oxygens (including phenoxy) is 3. The number of rotatable bonds is 8. The van der Waals surface area contributed by atoms with Gasteiger partial charge in [0.25, 0.3) is 0 Å².